The van der Waals surface area contributed by atoms with Gasteiger partial charge in [-0.2, -0.15) is 4.98 Å². The van der Waals surface area contributed by atoms with Crippen LogP contribution in [0, 0.1) is 5.82 Å². The third kappa shape index (κ3) is 3.79. The minimum atomic E-state index is -0.475. The minimum Gasteiger partial charge on any atom is -0.323 e. The summed E-state index contributed by atoms with van der Waals surface area (Å²) in [6, 6.07) is 6.01. The van der Waals surface area contributed by atoms with E-state index in [0.717, 1.165) is 36.9 Å². The number of para-hydroxylation sites is 1. The third-order valence-corrected chi connectivity index (χ3v) is 4.69. The fourth-order valence-electron chi connectivity index (χ4n) is 2.60. The highest BCUT2D eigenvalue weighted by molar-refractivity contribution is 8.00. The second-order valence-electron chi connectivity index (χ2n) is 5.33. The van der Waals surface area contributed by atoms with Crippen LogP contribution in [0.1, 0.15) is 24.1 Å². The number of nitrogens with zero attached hydrogens (tertiary/aromatic N) is 1. The normalized spacial score (nSPS) is 13.4. The van der Waals surface area contributed by atoms with Crippen molar-refractivity contribution in [3.8, 4) is 0 Å². The number of carbonyl (C=O) groups is 1. The number of aromatic nitrogens is 2. The maximum Gasteiger partial charge on any atom is 0.346 e. The Labute approximate surface area is 136 Å². The summed E-state index contributed by atoms with van der Waals surface area (Å²) in [4.78, 5) is 30.3. The topological polar surface area (TPSA) is 74.8 Å². The molecule has 5 nitrogen and oxygen atoms in total. The Kier molecular flexibility index (Phi) is 4.76. The molecular formula is C16H16FN3O2S. The van der Waals surface area contributed by atoms with Gasteiger partial charge in [0, 0.05) is 11.3 Å². The van der Waals surface area contributed by atoms with Gasteiger partial charge in [0.15, 0.2) is 0 Å². The number of aromatic amines is 1. The number of hydrogen-bond acceptors (Lipinski definition) is 4. The quantitative estimate of drug-likeness (QED) is 0.666. The molecule has 0 saturated heterocycles. The number of benzene rings is 1. The first-order valence-corrected chi connectivity index (χ1v) is 8.41. The van der Waals surface area contributed by atoms with E-state index in [4.69, 9.17) is 0 Å². The predicted octanol–water partition coefficient (Wildman–Crippen LogP) is 2.52. The Hall–Kier alpha value is -2.15. The molecule has 120 valence electrons. The zero-order valence-corrected chi connectivity index (χ0v) is 13.2. The third-order valence-electron chi connectivity index (χ3n) is 3.67. The van der Waals surface area contributed by atoms with Crippen LogP contribution in [0.2, 0.25) is 0 Å². The van der Waals surface area contributed by atoms with Crippen LogP contribution in [0.25, 0.3) is 0 Å². The largest absolute Gasteiger partial charge is 0.346 e. The molecular weight excluding hydrogens is 317 g/mol. The van der Waals surface area contributed by atoms with Gasteiger partial charge in [0.1, 0.15) is 10.8 Å². The molecule has 1 aliphatic carbocycles. The summed E-state index contributed by atoms with van der Waals surface area (Å²) in [6.45, 7) is 0. The standard InChI is InChI=1S/C16H16FN3O2S/c17-11-6-2-4-8-13(11)18-14(21)9-23-15-10-5-1-3-7-12(10)19-16(22)20-15/h2,4,6,8H,1,3,5,7,9H2,(H,18,21)(H,19,20,22). The van der Waals surface area contributed by atoms with Crippen molar-refractivity contribution in [1.29, 1.82) is 0 Å². The molecule has 7 heteroatoms. The number of rotatable bonds is 4. The zero-order chi connectivity index (χ0) is 16.2. The van der Waals surface area contributed by atoms with Crippen LogP contribution in [-0.4, -0.2) is 21.6 Å². The molecule has 1 aromatic heterocycles. The van der Waals surface area contributed by atoms with E-state index in [1.165, 1.54) is 23.9 Å². The number of fused-ring (bicyclic) bond motifs is 1. The van der Waals surface area contributed by atoms with Crippen LogP contribution in [0.4, 0.5) is 10.1 Å². The summed E-state index contributed by atoms with van der Waals surface area (Å²) in [5, 5.41) is 3.13. The second-order valence-corrected chi connectivity index (χ2v) is 6.29. The molecule has 23 heavy (non-hydrogen) atoms. The average molecular weight is 333 g/mol. The number of amides is 1. The predicted molar refractivity (Wildman–Crippen MR) is 87.3 cm³/mol. The number of thioether (sulfide) groups is 1. The number of aryl methyl sites for hydroxylation is 1. The fourth-order valence-corrected chi connectivity index (χ4v) is 3.49. The van der Waals surface area contributed by atoms with Crippen LogP contribution < -0.4 is 11.0 Å². The molecule has 1 aromatic carbocycles. The summed E-state index contributed by atoms with van der Waals surface area (Å²) in [5.74, 6) is -0.721. The van der Waals surface area contributed by atoms with Gasteiger partial charge in [-0.15, -0.1) is 0 Å². The Morgan fingerprint density at radius 2 is 2.09 bits per heavy atom. The Bertz CT molecular complexity index is 791. The van der Waals surface area contributed by atoms with Gasteiger partial charge in [0.2, 0.25) is 5.91 Å². The number of nitrogens with one attached hydrogen (secondary N) is 2. The van der Waals surface area contributed by atoms with Gasteiger partial charge in [-0.05, 0) is 37.8 Å². The van der Waals surface area contributed by atoms with Crippen LogP contribution in [0.5, 0.6) is 0 Å². The highest BCUT2D eigenvalue weighted by Crippen LogP contribution is 2.27. The van der Waals surface area contributed by atoms with E-state index in [9.17, 15) is 14.0 Å². The number of H-pyrrole nitrogens is 1. The van der Waals surface area contributed by atoms with Crippen molar-refractivity contribution in [2.75, 3.05) is 11.1 Å². The molecule has 2 N–H and O–H groups in total. The zero-order valence-electron chi connectivity index (χ0n) is 12.4. The van der Waals surface area contributed by atoms with E-state index in [1.54, 1.807) is 12.1 Å². The van der Waals surface area contributed by atoms with E-state index in [-0.39, 0.29) is 23.0 Å². The molecule has 0 saturated carbocycles. The molecule has 1 amide bonds. The Balaban J connectivity index is 1.69. The number of anilines is 1. The van der Waals surface area contributed by atoms with E-state index >= 15 is 0 Å². The summed E-state index contributed by atoms with van der Waals surface area (Å²) in [5.41, 5.74) is 1.72. The van der Waals surface area contributed by atoms with Gasteiger partial charge < -0.3 is 10.3 Å². The number of hydrogen-bond donors (Lipinski definition) is 2. The lowest BCUT2D eigenvalue weighted by Gasteiger charge is -2.17. The van der Waals surface area contributed by atoms with Crippen LogP contribution >= 0.6 is 11.8 Å². The Morgan fingerprint density at radius 3 is 2.91 bits per heavy atom. The summed E-state index contributed by atoms with van der Waals surface area (Å²) >= 11 is 1.22. The first-order valence-electron chi connectivity index (χ1n) is 7.43. The van der Waals surface area contributed by atoms with Gasteiger partial charge >= 0.3 is 5.69 Å². The van der Waals surface area contributed by atoms with Gasteiger partial charge in [-0.1, -0.05) is 23.9 Å². The molecule has 1 aliphatic rings. The first kappa shape index (κ1) is 15.7. The number of halogens is 1. The van der Waals surface area contributed by atoms with Crippen molar-refractivity contribution in [3.05, 3.63) is 51.8 Å². The van der Waals surface area contributed by atoms with Crippen LogP contribution in [0.15, 0.2) is 34.1 Å². The van der Waals surface area contributed by atoms with E-state index in [0.29, 0.717) is 5.03 Å². The summed E-state index contributed by atoms with van der Waals surface area (Å²) in [6.07, 6.45) is 3.79. The van der Waals surface area contributed by atoms with Crippen molar-refractivity contribution in [1.82, 2.24) is 9.97 Å². The second kappa shape index (κ2) is 6.95. The highest BCUT2D eigenvalue weighted by Gasteiger charge is 2.17. The van der Waals surface area contributed by atoms with Crippen molar-refractivity contribution in [3.63, 3.8) is 0 Å². The maximum atomic E-state index is 13.5. The molecule has 2 aromatic rings. The SMILES string of the molecule is O=C(CSc1nc(=O)[nH]c2c1CCCC2)Nc1ccccc1F. The molecule has 0 bridgehead atoms. The van der Waals surface area contributed by atoms with E-state index < -0.39 is 5.82 Å². The van der Waals surface area contributed by atoms with Gasteiger partial charge in [0.05, 0.1) is 11.4 Å². The Morgan fingerprint density at radius 1 is 1.30 bits per heavy atom. The van der Waals surface area contributed by atoms with Crippen LogP contribution in [0.3, 0.4) is 0 Å². The van der Waals surface area contributed by atoms with Crippen molar-refractivity contribution in [2.24, 2.45) is 0 Å². The molecule has 0 unspecified atom stereocenters. The van der Waals surface area contributed by atoms with E-state index in [2.05, 4.69) is 15.3 Å². The molecule has 1 heterocycles. The van der Waals surface area contributed by atoms with Crippen molar-refractivity contribution in [2.45, 2.75) is 30.7 Å². The lowest BCUT2D eigenvalue weighted by molar-refractivity contribution is -0.113. The smallest absolute Gasteiger partial charge is 0.323 e. The minimum absolute atomic E-state index is 0.0806. The molecule has 0 radical (unpaired) electrons. The monoisotopic (exact) mass is 333 g/mol. The molecule has 0 aliphatic heterocycles. The van der Waals surface area contributed by atoms with E-state index in [1.807, 2.05) is 0 Å². The average Bonchev–Trinajstić information content (AvgIpc) is 2.54. The molecule has 0 atom stereocenters. The summed E-state index contributed by atoms with van der Waals surface area (Å²) < 4.78 is 13.5. The van der Waals surface area contributed by atoms with Gasteiger partial charge in [0.25, 0.3) is 0 Å². The van der Waals surface area contributed by atoms with Gasteiger partial charge in [-0.25, -0.2) is 9.18 Å². The van der Waals surface area contributed by atoms with Gasteiger partial charge in [-0.3, -0.25) is 4.79 Å². The lowest BCUT2D eigenvalue weighted by atomic mass is 9.98. The number of carbonyl (C=O) groups excluding carboxylic acids is 1. The lowest BCUT2D eigenvalue weighted by Crippen LogP contribution is -2.21. The maximum absolute atomic E-state index is 13.5. The fraction of sp³-hybridized carbons (Fsp3) is 0.312. The molecule has 0 fully saturated rings. The highest BCUT2D eigenvalue weighted by atomic mass is 32.2. The molecule has 0 spiro atoms. The van der Waals surface area contributed by atoms with Crippen LogP contribution in [-0.2, 0) is 17.6 Å². The molecule has 3 rings (SSSR count). The first-order chi connectivity index (χ1) is 11.1. The summed E-state index contributed by atoms with van der Waals surface area (Å²) in [7, 11) is 0. The van der Waals surface area contributed by atoms with Crippen molar-refractivity contribution < 1.29 is 9.18 Å². The van der Waals surface area contributed by atoms with Crippen molar-refractivity contribution >= 4 is 23.4 Å².